The Bertz CT molecular complexity index is 399. The molecular formula is C14H19NO2. The number of rotatable bonds is 2. The molecule has 17 heavy (non-hydrogen) atoms. The van der Waals surface area contributed by atoms with Crippen molar-refractivity contribution in [2.24, 2.45) is 11.7 Å². The SMILES string of the molecule is NC1CC(Cc2ccc3c(c2)OCCCO3)C1. The van der Waals surface area contributed by atoms with Gasteiger partial charge in [0.25, 0.3) is 0 Å². The first-order valence-corrected chi connectivity index (χ1v) is 6.45. The Morgan fingerprint density at radius 2 is 1.88 bits per heavy atom. The molecule has 0 amide bonds. The minimum atomic E-state index is 0.431. The van der Waals surface area contributed by atoms with Crippen molar-refractivity contribution < 1.29 is 9.47 Å². The van der Waals surface area contributed by atoms with E-state index in [2.05, 4.69) is 12.1 Å². The van der Waals surface area contributed by atoms with Gasteiger partial charge in [0.2, 0.25) is 0 Å². The summed E-state index contributed by atoms with van der Waals surface area (Å²) in [6.45, 7) is 1.51. The van der Waals surface area contributed by atoms with Crippen LogP contribution in [0.1, 0.15) is 24.8 Å². The first-order chi connectivity index (χ1) is 8.31. The summed E-state index contributed by atoms with van der Waals surface area (Å²) in [7, 11) is 0. The molecule has 0 aromatic heterocycles. The van der Waals surface area contributed by atoms with Crippen molar-refractivity contribution in [2.45, 2.75) is 31.7 Å². The fourth-order valence-corrected chi connectivity index (χ4v) is 2.62. The minimum absolute atomic E-state index is 0.431. The quantitative estimate of drug-likeness (QED) is 0.851. The smallest absolute Gasteiger partial charge is 0.161 e. The fourth-order valence-electron chi connectivity index (χ4n) is 2.62. The van der Waals surface area contributed by atoms with E-state index in [1.807, 2.05) is 6.07 Å². The van der Waals surface area contributed by atoms with Crippen LogP contribution in [-0.2, 0) is 6.42 Å². The Morgan fingerprint density at radius 3 is 2.65 bits per heavy atom. The van der Waals surface area contributed by atoms with Crippen LogP contribution >= 0.6 is 0 Å². The molecule has 0 saturated heterocycles. The summed E-state index contributed by atoms with van der Waals surface area (Å²) in [6, 6.07) is 6.75. The van der Waals surface area contributed by atoms with Crippen molar-refractivity contribution >= 4 is 0 Å². The lowest BCUT2D eigenvalue weighted by molar-refractivity contribution is 0.264. The van der Waals surface area contributed by atoms with E-state index in [9.17, 15) is 0 Å². The molecule has 3 rings (SSSR count). The standard InChI is InChI=1S/C14H19NO2/c15-12-7-11(8-12)6-10-2-3-13-14(9-10)17-5-1-4-16-13/h2-3,9,11-12H,1,4-8,15H2. The third kappa shape index (κ3) is 2.39. The zero-order valence-electron chi connectivity index (χ0n) is 10.0. The van der Waals surface area contributed by atoms with Gasteiger partial charge in [-0.15, -0.1) is 0 Å². The second-order valence-electron chi connectivity index (χ2n) is 5.13. The maximum Gasteiger partial charge on any atom is 0.161 e. The number of ether oxygens (including phenoxy) is 2. The highest BCUT2D eigenvalue weighted by atomic mass is 16.5. The van der Waals surface area contributed by atoms with Gasteiger partial charge in [-0.25, -0.2) is 0 Å². The van der Waals surface area contributed by atoms with Gasteiger partial charge >= 0.3 is 0 Å². The van der Waals surface area contributed by atoms with Gasteiger partial charge in [-0.1, -0.05) is 6.07 Å². The first kappa shape index (κ1) is 10.9. The summed E-state index contributed by atoms with van der Waals surface area (Å²) in [4.78, 5) is 0. The van der Waals surface area contributed by atoms with Gasteiger partial charge < -0.3 is 15.2 Å². The molecule has 1 aromatic rings. The maximum absolute atomic E-state index is 5.81. The lowest BCUT2D eigenvalue weighted by Crippen LogP contribution is -2.37. The highest BCUT2D eigenvalue weighted by Crippen LogP contribution is 2.34. The first-order valence-electron chi connectivity index (χ1n) is 6.45. The van der Waals surface area contributed by atoms with Crippen LogP contribution in [0.3, 0.4) is 0 Å². The normalized spacial score (nSPS) is 27.1. The number of nitrogens with two attached hydrogens (primary N) is 1. The van der Waals surface area contributed by atoms with Crippen LogP contribution in [0.25, 0.3) is 0 Å². The van der Waals surface area contributed by atoms with Crippen LogP contribution in [0.4, 0.5) is 0 Å². The Hall–Kier alpha value is -1.22. The fraction of sp³-hybridized carbons (Fsp3) is 0.571. The van der Waals surface area contributed by atoms with E-state index >= 15 is 0 Å². The van der Waals surface area contributed by atoms with Gasteiger partial charge in [-0.05, 0) is 42.9 Å². The van der Waals surface area contributed by atoms with Gasteiger partial charge in [-0.2, -0.15) is 0 Å². The highest BCUT2D eigenvalue weighted by Gasteiger charge is 2.26. The summed E-state index contributed by atoms with van der Waals surface area (Å²) in [6.07, 6.45) is 4.40. The van der Waals surface area contributed by atoms with Crippen LogP contribution in [0, 0.1) is 5.92 Å². The molecule has 0 unspecified atom stereocenters. The summed E-state index contributed by atoms with van der Waals surface area (Å²) >= 11 is 0. The second-order valence-corrected chi connectivity index (χ2v) is 5.13. The molecule has 2 N–H and O–H groups in total. The molecule has 1 aliphatic carbocycles. The zero-order valence-corrected chi connectivity index (χ0v) is 10.0. The third-order valence-corrected chi connectivity index (χ3v) is 3.61. The predicted molar refractivity (Wildman–Crippen MR) is 66.5 cm³/mol. The summed E-state index contributed by atoms with van der Waals surface area (Å²) < 4.78 is 11.3. The predicted octanol–water partition coefficient (Wildman–Crippen LogP) is 2.13. The molecular weight excluding hydrogens is 214 g/mol. The van der Waals surface area contributed by atoms with Crippen molar-refractivity contribution in [1.82, 2.24) is 0 Å². The van der Waals surface area contributed by atoms with Gasteiger partial charge in [0.05, 0.1) is 13.2 Å². The van der Waals surface area contributed by atoms with Crippen LogP contribution in [-0.4, -0.2) is 19.3 Å². The molecule has 0 atom stereocenters. The topological polar surface area (TPSA) is 44.5 Å². The van der Waals surface area contributed by atoms with E-state index in [1.165, 1.54) is 5.56 Å². The van der Waals surface area contributed by atoms with E-state index in [0.29, 0.717) is 6.04 Å². The molecule has 1 aliphatic heterocycles. The average molecular weight is 233 g/mol. The van der Waals surface area contributed by atoms with Crippen molar-refractivity contribution in [3.8, 4) is 11.5 Å². The van der Waals surface area contributed by atoms with Gasteiger partial charge in [0, 0.05) is 12.5 Å². The Kier molecular flexibility index (Phi) is 2.93. The Morgan fingerprint density at radius 1 is 1.12 bits per heavy atom. The zero-order chi connectivity index (χ0) is 11.7. The third-order valence-electron chi connectivity index (χ3n) is 3.61. The Labute approximate surface area is 102 Å². The van der Waals surface area contributed by atoms with Crippen molar-refractivity contribution in [2.75, 3.05) is 13.2 Å². The maximum atomic E-state index is 5.81. The molecule has 2 aliphatic rings. The minimum Gasteiger partial charge on any atom is -0.490 e. The molecule has 0 spiro atoms. The number of benzene rings is 1. The molecule has 1 aromatic carbocycles. The Balaban J connectivity index is 1.71. The van der Waals surface area contributed by atoms with Gasteiger partial charge in [0.15, 0.2) is 11.5 Å². The number of hydrogen-bond acceptors (Lipinski definition) is 3. The van der Waals surface area contributed by atoms with Crippen LogP contribution < -0.4 is 15.2 Å². The summed E-state index contributed by atoms with van der Waals surface area (Å²) in [5.74, 6) is 2.55. The lowest BCUT2D eigenvalue weighted by Gasteiger charge is -2.32. The van der Waals surface area contributed by atoms with Crippen LogP contribution in [0.5, 0.6) is 11.5 Å². The van der Waals surface area contributed by atoms with E-state index in [0.717, 1.165) is 56.3 Å². The molecule has 0 radical (unpaired) electrons. The molecule has 1 saturated carbocycles. The molecule has 92 valence electrons. The van der Waals surface area contributed by atoms with Gasteiger partial charge in [0.1, 0.15) is 0 Å². The van der Waals surface area contributed by atoms with Crippen molar-refractivity contribution in [1.29, 1.82) is 0 Å². The van der Waals surface area contributed by atoms with E-state index in [4.69, 9.17) is 15.2 Å². The van der Waals surface area contributed by atoms with Crippen molar-refractivity contribution in [3.05, 3.63) is 23.8 Å². The molecule has 3 heteroatoms. The van der Waals surface area contributed by atoms with E-state index < -0.39 is 0 Å². The van der Waals surface area contributed by atoms with E-state index in [1.54, 1.807) is 0 Å². The molecule has 0 bridgehead atoms. The molecule has 3 nitrogen and oxygen atoms in total. The largest absolute Gasteiger partial charge is 0.490 e. The summed E-state index contributed by atoms with van der Waals surface area (Å²) in [5.41, 5.74) is 7.15. The van der Waals surface area contributed by atoms with Crippen LogP contribution in [0.15, 0.2) is 18.2 Å². The van der Waals surface area contributed by atoms with Crippen LogP contribution in [0.2, 0.25) is 0 Å². The van der Waals surface area contributed by atoms with E-state index in [-0.39, 0.29) is 0 Å². The monoisotopic (exact) mass is 233 g/mol. The molecule has 1 heterocycles. The highest BCUT2D eigenvalue weighted by molar-refractivity contribution is 5.43. The van der Waals surface area contributed by atoms with Gasteiger partial charge in [-0.3, -0.25) is 0 Å². The number of fused-ring (bicyclic) bond motifs is 1. The average Bonchev–Trinajstić information content (AvgIpc) is 2.51. The summed E-state index contributed by atoms with van der Waals surface area (Å²) in [5, 5.41) is 0. The second kappa shape index (κ2) is 4.57. The number of hydrogen-bond donors (Lipinski definition) is 1. The lowest BCUT2D eigenvalue weighted by atomic mass is 9.77. The molecule has 1 fully saturated rings. The van der Waals surface area contributed by atoms with Crippen molar-refractivity contribution in [3.63, 3.8) is 0 Å².